The van der Waals surface area contributed by atoms with Crippen molar-refractivity contribution in [1.82, 2.24) is 10.2 Å². The Bertz CT molecular complexity index is 473. The summed E-state index contributed by atoms with van der Waals surface area (Å²) in [4.78, 5) is 2.31. The molecule has 1 saturated heterocycles. The fraction of sp³-hybridized carbons (Fsp3) is 0.600. The van der Waals surface area contributed by atoms with Crippen LogP contribution in [0, 0.1) is 0 Å². The molecule has 1 atom stereocenters. The number of hydrogen-bond donors (Lipinski definition) is 1. The average molecular weight is 398 g/mol. The van der Waals surface area contributed by atoms with E-state index in [0.717, 1.165) is 47.7 Å². The number of nitrogens with one attached hydrogen (secondary N) is 1. The summed E-state index contributed by atoms with van der Waals surface area (Å²) < 4.78 is 24.8. The Labute approximate surface area is 145 Å². The van der Waals surface area contributed by atoms with Gasteiger partial charge in [-0.1, -0.05) is 0 Å². The second-order valence-corrected chi connectivity index (χ2v) is 5.86. The van der Waals surface area contributed by atoms with Crippen LogP contribution in [0.25, 0.3) is 0 Å². The van der Waals surface area contributed by atoms with Crippen LogP contribution in [0.5, 0.6) is 11.5 Å². The smallest absolute Gasteiger partial charge is 0.133 e. The van der Waals surface area contributed by atoms with Crippen molar-refractivity contribution < 1.29 is 13.9 Å². The molecule has 0 bridgehead atoms. The Kier molecular flexibility index (Phi) is 8.46. The van der Waals surface area contributed by atoms with Gasteiger partial charge in [-0.15, -0.1) is 12.4 Å². The summed E-state index contributed by atoms with van der Waals surface area (Å²) in [7, 11) is 3.27. The minimum Gasteiger partial charge on any atom is -0.496 e. The Morgan fingerprint density at radius 1 is 1.23 bits per heavy atom. The summed E-state index contributed by atoms with van der Waals surface area (Å²) in [6, 6.07) is 3.85. The Hall–Kier alpha value is -0.560. The molecule has 7 heteroatoms. The molecule has 1 aliphatic heterocycles. The first-order chi connectivity index (χ1) is 10.2. The van der Waals surface area contributed by atoms with E-state index in [1.165, 1.54) is 0 Å². The number of hydrogen-bond acceptors (Lipinski definition) is 4. The number of nitrogens with zero attached hydrogens (tertiary/aromatic N) is 1. The molecule has 0 unspecified atom stereocenters. The molecule has 0 amide bonds. The maximum absolute atomic E-state index is 13.1. The van der Waals surface area contributed by atoms with Gasteiger partial charge in [-0.3, -0.25) is 9.29 Å². The van der Waals surface area contributed by atoms with Gasteiger partial charge in [0.25, 0.3) is 0 Å². The minimum atomic E-state index is -0.351. The molecule has 1 aromatic rings. The van der Waals surface area contributed by atoms with Crippen LogP contribution < -0.4 is 14.8 Å². The number of piperazine rings is 1. The van der Waals surface area contributed by atoms with E-state index >= 15 is 0 Å². The number of alkyl halides is 1. The van der Waals surface area contributed by atoms with Gasteiger partial charge in [0.15, 0.2) is 0 Å². The summed E-state index contributed by atoms with van der Waals surface area (Å²) in [5.74, 6) is 1.50. The van der Waals surface area contributed by atoms with Crippen LogP contribution in [0.15, 0.2) is 16.6 Å². The maximum atomic E-state index is 13.1. The molecule has 1 fully saturated rings. The van der Waals surface area contributed by atoms with Gasteiger partial charge in [0.2, 0.25) is 0 Å². The molecule has 1 heterocycles. The number of ether oxygens (including phenoxy) is 2. The van der Waals surface area contributed by atoms with E-state index in [9.17, 15) is 4.39 Å². The summed E-state index contributed by atoms with van der Waals surface area (Å²) in [5, 5.41) is 3.32. The lowest BCUT2D eigenvalue weighted by atomic mass is 10.00. The Morgan fingerprint density at radius 2 is 1.86 bits per heavy atom. The first-order valence-electron chi connectivity index (χ1n) is 7.13. The second kappa shape index (κ2) is 9.55. The largest absolute Gasteiger partial charge is 0.496 e. The number of rotatable bonds is 6. The van der Waals surface area contributed by atoms with Crippen molar-refractivity contribution in [2.75, 3.05) is 47.1 Å². The normalized spacial score (nSPS) is 16.7. The zero-order chi connectivity index (χ0) is 15.2. The predicted molar refractivity (Wildman–Crippen MR) is 92.3 cm³/mol. The van der Waals surface area contributed by atoms with Crippen LogP contribution in [0.3, 0.4) is 0 Å². The van der Waals surface area contributed by atoms with E-state index in [0.29, 0.717) is 6.42 Å². The zero-order valence-electron chi connectivity index (χ0n) is 12.9. The van der Waals surface area contributed by atoms with E-state index in [1.807, 2.05) is 12.1 Å². The lowest BCUT2D eigenvalue weighted by Crippen LogP contribution is -2.45. The van der Waals surface area contributed by atoms with Crippen LogP contribution in [0.2, 0.25) is 0 Å². The topological polar surface area (TPSA) is 33.7 Å². The van der Waals surface area contributed by atoms with Gasteiger partial charge in [-0.2, -0.15) is 0 Å². The highest BCUT2D eigenvalue weighted by Gasteiger charge is 2.26. The van der Waals surface area contributed by atoms with Gasteiger partial charge in [0.05, 0.1) is 25.4 Å². The molecule has 1 aliphatic rings. The molecular weight excluding hydrogens is 375 g/mol. The van der Waals surface area contributed by atoms with Crippen LogP contribution >= 0.6 is 28.3 Å². The van der Waals surface area contributed by atoms with Crippen molar-refractivity contribution in [3.8, 4) is 11.5 Å². The number of benzene rings is 1. The highest BCUT2D eigenvalue weighted by Crippen LogP contribution is 2.39. The molecule has 4 nitrogen and oxygen atoms in total. The lowest BCUT2D eigenvalue weighted by Gasteiger charge is -2.35. The second-order valence-electron chi connectivity index (χ2n) is 5.01. The van der Waals surface area contributed by atoms with Gasteiger partial charge in [-0.05, 0) is 34.5 Å². The third-order valence-corrected chi connectivity index (χ3v) is 4.46. The van der Waals surface area contributed by atoms with E-state index in [-0.39, 0.29) is 25.1 Å². The fourth-order valence-electron chi connectivity index (χ4n) is 2.78. The molecule has 2 rings (SSSR count). The Balaban J connectivity index is 0.00000242. The highest BCUT2D eigenvalue weighted by molar-refractivity contribution is 9.10. The van der Waals surface area contributed by atoms with E-state index in [4.69, 9.17) is 9.47 Å². The molecule has 0 aliphatic carbocycles. The molecular formula is C15H23BrClFN2O2. The number of halogens is 3. The molecule has 1 N–H and O–H groups in total. The van der Waals surface area contributed by atoms with Crippen LogP contribution in [-0.4, -0.2) is 52.0 Å². The summed E-state index contributed by atoms with van der Waals surface area (Å²) >= 11 is 3.46. The van der Waals surface area contributed by atoms with Crippen molar-refractivity contribution in [2.24, 2.45) is 0 Å². The van der Waals surface area contributed by atoms with Crippen molar-refractivity contribution in [1.29, 1.82) is 0 Å². The number of methoxy groups -OCH3 is 2. The van der Waals surface area contributed by atoms with Crippen LogP contribution in [0.4, 0.5) is 4.39 Å². The van der Waals surface area contributed by atoms with Crippen molar-refractivity contribution in [3.05, 3.63) is 22.2 Å². The van der Waals surface area contributed by atoms with Gasteiger partial charge in [-0.25, -0.2) is 0 Å². The zero-order valence-corrected chi connectivity index (χ0v) is 15.3. The van der Waals surface area contributed by atoms with Crippen LogP contribution in [-0.2, 0) is 0 Å². The maximum Gasteiger partial charge on any atom is 0.133 e. The molecule has 22 heavy (non-hydrogen) atoms. The molecule has 1 aromatic carbocycles. The standard InChI is InChI=1S/C15H22BrFN2O2.ClH/c1-20-14-10-12(16)15(21-2)9-11(14)13(3-4-17)19-7-5-18-6-8-19;/h9-10,13,18H,3-8H2,1-2H3;1H/t13-;/m1./s1. The highest BCUT2D eigenvalue weighted by atomic mass is 79.9. The summed E-state index contributed by atoms with van der Waals surface area (Å²) in [6.45, 7) is 3.33. The van der Waals surface area contributed by atoms with Gasteiger partial charge < -0.3 is 14.8 Å². The van der Waals surface area contributed by atoms with Crippen molar-refractivity contribution in [2.45, 2.75) is 12.5 Å². The minimum absolute atomic E-state index is 0. The monoisotopic (exact) mass is 396 g/mol. The first kappa shape index (κ1) is 19.5. The van der Waals surface area contributed by atoms with Gasteiger partial charge in [0.1, 0.15) is 11.5 Å². The van der Waals surface area contributed by atoms with Crippen LogP contribution in [0.1, 0.15) is 18.0 Å². The third kappa shape index (κ3) is 4.47. The van der Waals surface area contributed by atoms with E-state index in [1.54, 1.807) is 14.2 Å². The van der Waals surface area contributed by atoms with Crippen molar-refractivity contribution in [3.63, 3.8) is 0 Å². The fourth-order valence-corrected chi connectivity index (χ4v) is 3.26. The Morgan fingerprint density at radius 3 is 2.41 bits per heavy atom. The quantitative estimate of drug-likeness (QED) is 0.799. The SMILES string of the molecule is COc1cc([C@@H](CCF)N2CCNCC2)c(OC)cc1Br.Cl. The summed E-state index contributed by atoms with van der Waals surface area (Å²) in [6.07, 6.45) is 0.459. The van der Waals surface area contributed by atoms with Gasteiger partial charge >= 0.3 is 0 Å². The lowest BCUT2D eigenvalue weighted by molar-refractivity contribution is 0.154. The predicted octanol–water partition coefficient (Wildman–Crippen LogP) is 3.19. The molecule has 0 saturated carbocycles. The van der Waals surface area contributed by atoms with Gasteiger partial charge in [0, 0.05) is 37.8 Å². The van der Waals surface area contributed by atoms with E-state index < -0.39 is 0 Å². The molecule has 0 radical (unpaired) electrons. The molecule has 126 valence electrons. The average Bonchev–Trinajstić information content (AvgIpc) is 2.53. The molecule has 0 spiro atoms. The first-order valence-corrected chi connectivity index (χ1v) is 7.92. The van der Waals surface area contributed by atoms with E-state index in [2.05, 4.69) is 26.1 Å². The summed E-state index contributed by atoms with van der Waals surface area (Å²) in [5.41, 5.74) is 0.983. The third-order valence-electron chi connectivity index (χ3n) is 3.84. The molecule has 0 aromatic heterocycles. The van der Waals surface area contributed by atoms with Crippen molar-refractivity contribution >= 4 is 28.3 Å².